The molecule has 0 atom stereocenters. The predicted molar refractivity (Wildman–Crippen MR) is 51.0 cm³/mol. The van der Waals surface area contributed by atoms with E-state index in [9.17, 15) is 4.79 Å². The van der Waals surface area contributed by atoms with E-state index in [2.05, 4.69) is 4.98 Å². The Morgan fingerprint density at radius 3 is 2.42 bits per heavy atom. The van der Waals surface area contributed by atoms with E-state index < -0.39 is 5.24 Å². The van der Waals surface area contributed by atoms with Crippen molar-refractivity contribution in [1.29, 1.82) is 0 Å². The van der Waals surface area contributed by atoms with E-state index in [1.54, 1.807) is 0 Å². The van der Waals surface area contributed by atoms with Crippen LogP contribution in [-0.4, -0.2) is 10.2 Å². The normalized spacial score (nSPS) is 11.7. The fourth-order valence-corrected chi connectivity index (χ4v) is 1.76. The summed E-state index contributed by atoms with van der Waals surface area (Å²) in [7, 11) is 0. The molecule has 0 saturated heterocycles. The lowest BCUT2D eigenvalue weighted by Gasteiger charge is -2.13. The third-order valence-corrected chi connectivity index (χ3v) is 2.57. The summed E-state index contributed by atoms with van der Waals surface area (Å²) in [5.74, 6) is 0. The number of hydrogen-bond acceptors (Lipinski definition) is 3. The van der Waals surface area contributed by atoms with Crippen LogP contribution in [0.1, 0.15) is 36.3 Å². The van der Waals surface area contributed by atoms with Gasteiger partial charge >= 0.3 is 0 Å². The van der Waals surface area contributed by atoms with Crippen molar-refractivity contribution >= 4 is 28.2 Å². The summed E-state index contributed by atoms with van der Waals surface area (Å²) in [6.07, 6.45) is 0. The van der Waals surface area contributed by atoms with Gasteiger partial charge in [0.15, 0.2) is 5.01 Å². The molecule has 0 amide bonds. The molecule has 1 aromatic heterocycles. The molecular weight excluding hydrogens is 194 g/mol. The zero-order valence-corrected chi connectivity index (χ0v) is 8.79. The molecule has 0 aliphatic rings. The molecule has 0 aliphatic carbocycles. The van der Waals surface area contributed by atoms with Crippen molar-refractivity contribution in [2.45, 2.75) is 26.2 Å². The molecule has 0 unspecified atom stereocenters. The lowest BCUT2D eigenvalue weighted by molar-refractivity contribution is 0.108. The number of rotatable bonds is 1. The van der Waals surface area contributed by atoms with Crippen molar-refractivity contribution in [1.82, 2.24) is 4.98 Å². The first kappa shape index (κ1) is 9.68. The van der Waals surface area contributed by atoms with Gasteiger partial charge in [-0.05, 0) is 11.6 Å². The molecular formula is C8H10ClNOS. The minimum absolute atomic E-state index is 0.0128. The van der Waals surface area contributed by atoms with Crippen LogP contribution in [0, 0.1) is 0 Å². The van der Waals surface area contributed by atoms with E-state index in [4.69, 9.17) is 11.6 Å². The number of carbonyl (C=O) groups is 1. The minimum Gasteiger partial charge on any atom is -0.273 e. The summed E-state index contributed by atoms with van der Waals surface area (Å²) < 4.78 is 0. The third kappa shape index (κ3) is 2.05. The van der Waals surface area contributed by atoms with Crippen LogP contribution in [0.4, 0.5) is 0 Å². The highest BCUT2D eigenvalue weighted by atomic mass is 35.5. The molecule has 0 saturated carbocycles. The van der Waals surface area contributed by atoms with Crippen molar-refractivity contribution in [3.8, 4) is 0 Å². The van der Waals surface area contributed by atoms with Gasteiger partial charge in [0.1, 0.15) is 0 Å². The largest absolute Gasteiger partial charge is 0.281 e. The Labute approximate surface area is 80.6 Å². The van der Waals surface area contributed by atoms with E-state index in [0.29, 0.717) is 5.01 Å². The van der Waals surface area contributed by atoms with Gasteiger partial charge in [0, 0.05) is 10.8 Å². The van der Waals surface area contributed by atoms with Crippen molar-refractivity contribution in [3.05, 3.63) is 16.1 Å². The summed E-state index contributed by atoms with van der Waals surface area (Å²) >= 11 is 6.57. The lowest BCUT2D eigenvalue weighted by atomic mass is 9.93. The standard InChI is InChI=1S/C8H10ClNOS/c1-8(2,3)5-4-12-7(10-5)6(9)11/h4H,1-3H3. The van der Waals surface area contributed by atoms with Gasteiger partial charge in [-0.25, -0.2) is 4.98 Å². The van der Waals surface area contributed by atoms with Crippen LogP contribution in [0.25, 0.3) is 0 Å². The average molecular weight is 204 g/mol. The van der Waals surface area contributed by atoms with Crippen LogP contribution >= 0.6 is 22.9 Å². The smallest absolute Gasteiger partial charge is 0.273 e. The molecule has 0 radical (unpaired) electrons. The van der Waals surface area contributed by atoms with Gasteiger partial charge in [0.05, 0.1) is 5.69 Å². The maximum atomic E-state index is 10.7. The zero-order chi connectivity index (χ0) is 9.35. The monoisotopic (exact) mass is 203 g/mol. The van der Waals surface area contributed by atoms with Gasteiger partial charge in [-0.1, -0.05) is 20.8 Å². The van der Waals surface area contributed by atoms with Gasteiger partial charge in [-0.15, -0.1) is 11.3 Å². The minimum atomic E-state index is -0.476. The molecule has 1 heterocycles. The highest BCUT2D eigenvalue weighted by Gasteiger charge is 2.18. The molecule has 0 spiro atoms. The first-order valence-electron chi connectivity index (χ1n) is 3.57. The van der Waals surface area contributed by atoms with Crippen LogP contribution in [0.2, 0.25) is 0 Å². The van der Waals surface area contributed by atoms with E-state index in [-0.39, 0.29) is 5.41 Å². The maximum absolute atomic E-state index is 10.7. The second-order valence-electron chi connectivity index (χ2n) is 3.56. The molecule has 0 bridgehead atoms. The lowest BCUT2D eigenvalue weighted by Crippen LogP contribution is -2.11. The van der Waals surface area contributed by atoms with Crippen LogP contribution in [0.15, 0.2) is 5.38 Å². The topological polar surface area (TPSA) is 30.0 Å². The summed E-state index contributed by atoms with van der Waals surface area (Å²) in [6.45, 7) is 6.14. The molecule has 0 N–H and O–H groups in total. The molecule has 0 aromatic carbocycles. The quantitative estimate of drug-likeness (QED) is 0.657. The van der Waals surface area contributed by atoms with Crippen LogP contribution < -0.4 is 0 Å². The van der Waals surface area contributed by atoms with Crippen molar-refractivity contribution < 1.29 is 4.79 Å². The van der Waals surface area contributed by atoms with Gasteiger partial charge in [0.2, 0.25) is 0 Å². The van der Waals surface area contributed by atoms with Crippen LogP contribution in [-0.2, 0) is 5.41 Å². The average Bonchev–Trinajstić information content (AvgIpc) is 2.30. The molecule has 2 nitrogen and oxygen atoms in total. The van der Waals surface area contributed by atoms with Gasteiger partial charge < -0.3 is 0 Å². The first-order chi connectivity index (χ1) is 5.41. The van der Waals surface area contributed by atoms with Gasteiger partial charge in [-0.3, -0.25) is 4.79 Å². The SMILES string of the molecule is CC(C)(C)c1csc(C(=O)Cl)n1. The van der Waals surface area contributed by atoms with Crippen LogP contribution in [0.3, 0.4) is 0 Å². The molecule has 1 aromatic rings. The number of nitrogens with zero attached hydrogens (tertiary/aromatic N) is 1. The fourth-order valence-electron chi connectivity index (χ4n) is 0.708. The Balaban J connectivity index is 3.00. The second kappa shape index (κ2) is 3.15. The van der Waals surface area contributed by atoms with Gasteiger partial charge in [-0.2, -0.15) is 0 Å². The Kier molecular flexibility index (Phi) is 2.54. The molecule has 1 rings (SSSR count). The van der Waals surface area contributed by atoms with Crippen molar-refractivity contribution in [2.75, 3.05) is 0 Å². The molecule has 66 valence electrons. The summed E-state index contributed by atoms with van der Waals surface area (Å²) in [6, 6.07) is 0. The first-order valence-corrected chi connectivity index (χ1v) is 4.83. The van der Waals surface area contributed by atoms with Gasteiger partial charge in [0.25, 0.3) is 5.24 Å². The second-order valence-corrected chi connectivity index (χ2v) is 4.76. The predicted octanol–water partition coefficient (Wildman–Crippen LogP) is 2.82. The Hall–Kier alpha value is -0.410. The Morgan fingerprint density at radius 2 is 2.17 bits per heavy atom. The van der Waals surface area contributed by atoms with Crippen molar-refractivity contribution in [2.24, 2.45) is 0 Å². The summed E-state index contributed by atoms with van der Waals surface area (Å²) in [5, 5.41) is 1.77. The molecule has 0 aliphatic heterocycles. The van der Waals surface area contributed by atoms with Crippen LogP contribution in [0.5, 0.6) is 0 Å². The maximum Gasteiger partial charge on any atom is 0.281 e. The summed E-state index contributed by atoms with van der Waals surface area (Å²) in [5.41, 5.74) is 0.901. The Morgan fingerprint density at radius 1 is 1.58 bits per heavy atom. The number of thiazole rings is 1. The zero-order valence-electron chi connectivity index (χ0n) is 7.22. The number of carbonyl (C=O) groups excluding carboxylic acids is 1. The molecule has 4 heteroatoms. The number of halogens is 1. The highest BCUT2D eigenvalue weighted by Crippen LogP contribution is 2.24. The highest BCUT2D eigenvalue weighted by molar-refractivity contribution is 7.13. The molecule has 12 heavy (non-hydrogen) atoms. The molecule has 0 fully saturated rings. The van der Waals surface area contributed by atoms with Crippen molar-refractivity contribution in [3.63, 3.8) is 0 Å². The number of aromatic nitrogens is 1. The summed E-state index contributed by atoms with van der Waals surface area (Å²) in [4.78, 5) is 14.8. The van der Waals surface area contributed by atoms with E-state index >= 15 is 0 Å². The third-order valence-electron chi connectivity index (χ3n) is 1.44. The van der Waals surface area contributed by atoms with E-state index in [1.165, 1.54) is 11.3 Å². The van der Waals surface area contributed by atoms with E-state index in [1.807, 2.05) is 26.2 Å². The fraction of sp³-hybridized carbons (Fsp3) is 0.500. The van der Waals surface area contributed by atoms with E-state index in [0.717, 1.165) is 5.69 Å². The Bertz CT molecular complexity index is 300. The number of hydrogen-bond donors (Lipinski definition) is 0.